The zero-order valence-corrected chi connectivity index (χ0v) is 12.0. The zero-order valence-electron chi connectivity index (χ0n) is 12.0. The van der Waals surface area contributed by atoms with Gasteiger partial charge in [0.2, 0.25) is 0 Å². The Bertz CT molecular complexity index is 543. The fourth-order valence-electron chi connectivity index (χ4n) is 2.23. The number of benzene rings is 1. The number of aromatic nitrogens is 1. The maximum atomic E-state index is 5.70. The first-order valence-corrected chi connectivity index (χ1v) is 6.66. The minimum Gasteiger partial charge on any atom is -0.496 e. The van der Waals surface area contributed by atoms with Crippen LogP contribution in [0.4, 0.5) is 0 Å². The molecular formula is C16H21N3O. The maximum Gasteiger partial charge on any atom is 0.123 e. The predicted molar refractivity (Wildman–Crippen MR) is 80.3 cm³/mol. The molecule has 4 heteroatoms. The summed E-state index contributed by atoms with van der Waals surface area (Å²) in [6, 6.07) is 10.1. The molecule has 0 aliphatic carbocycles. The Morgan fingerprint density at radius 1 is 1.20 bits per heavy atom. The summed E-state index contributed by atoms with van der Waals surface area (Å²) in [5, 5.41) is 0. The molecule has 1 aromatic heterocycles. The molecule has 2 aromatic rings. The molecule has 0 saturated carbocycles. The van der Waals surface area contributed by atoms with Crippen molar-refractivity contribution >= 4 is 0 Å². The third-order valence-corrected chi connectivity index (χ3v) is 3.20. The highest BCUT2D eigenvalue weighted by Gasteiger charge is 2.08. The van der Waals surface area contributed by atoms with E-state index in [4.69, 9.17) is 10.5 Å². The van der Waals surface area contributed by atoms with Crippen molar-refractivity contribution in [1.29, 1.82) is 0 Å². The van der Waals surface area contributed by atoms with Crippen LogP contribution in [0.2, 0.25) is 0 Å². The summed E-state index contributed by atoms with van der Waals surface area (Å²) < 4.78 is 5.42. The molecule has 1 heterocycles. The van der Waals surface area contributed by atoms with Gasteiger partial charge >= 0.3 is 0 Å². The van der Waals surface area contributed by atoms with E-state index in [-0.39, 0.29) is 0 Å². The molecule has 0 saturated heterocycles. The van der Waals surface area contributed by atoms with Crippen LogP contribution in [0.15, 0.2) is 42.7 Å². The largest absolute Gasteiger partial charge is 0.496 e. The fraction of sp³-hybridized carbons (Fsp3) is 0.312. The summed E-state index contributed by atoms with van der Waals surface area (Å²) >= 11 is 0. The van der Waals surface area contributed by atoms with Gasteiger partial charge in [-0.05, 0) is 36.4 Å². The molecule has 2 rings (SSSR count). The summed E-state index contributed by atoms with van der Waals surface area (Å²) in [5.41, 5.74) is 9.18. The van der Waals surface area contributed by atoms with Gasteiger partial charge < -0.3 is 10.5 Å². The monoisotopic (exact) mass is 271 g/mol. The topological polar surface area (TPSA) is 51.4 Å². The molecule has 0 amide bonds. The smallest absolute Gasteiger partial charge is 0.123 e. The molecule has 0 bridgehead atoms. The minimum atomic E-state index is 0.545. The molecule has 2 N–H and O–H groups in total. The third-order valence-electron chi connectivity index (χ3n) is 3.20. The summed E-state index contributed by atoms with van der Waals surface area (Å²) in [4.78, 5) is 6.37. The van der Waals surface area contributed by atoms with Gasteiger partial charge in [-0.15, -0.1) is 0 Å². The highest BCUT2D eigenvalue weighted by atomic mass is 16.5. The van der Waals surface area contributed by atoms with Gasteiger partial charge in [-0.3, -0.25) is 9.88 Å². The number of hydrogen-bond donors (Lipinski definition) is 1. The van der Waals surface area contributed by atoms with Crippen molar-refractivity contribution in [2.45, 2.75) is 19.6 Å². The number of ether oxygens (including phenoxy) is 1. The summed E-state index contributed by atoms with van der Waals surface area (Å²) in [6.07, 6.45) is 3.68. The van der Waals surface area contributed by atoms with Crippen LogP contribution in [0.3, 0.4) is 0 Å². The van der Waals surface area contributed by atoms with Gasteiger partial charge in [0, 0.05) is 37.6 Å². The van der Waals surface area contributed by atoms with Gasteiger partial charge in [0.1, 0.15) is 5.75 Å². The van der Waals surface area contributed by atoms with E-state index in [9.17, 15) is 0 Å². The first-order chi connectivity index (χ1) is 9.72. The van der Waals surface area contributed by atoms with Gasteiger partial charge in [-0.1, -0.05) is 12.1 Å². The van der Waals surface area contributed by atoms with Crippen LogP contribution in [0.25, 0.3) is 0 Å². The molecule has 20 heavy (non-hydrogen) atoms. The van der Waals surface area contributed by atoms with E-state index < -0.39 is 0 Å². The second-order valence-corrected chi connectivity index (χ2v) is 4.88. The van der Waals surface area contributed by atoms with E-state index in [1.165, 1.54) is 5.56 Å². The first kappa shape index (κ1) is 14.5. The number of nitrogens with zero attached hydrogens (tertiary/aromatic N) is 2. The average molecular weight is 271 g/mol. The highest BCUT2D eigenvalue weighted by Crippen LogP contribution is 2.21. The van der Waals surface area contributed by atoms with Crippen LogP contribution in [-0.2, 0) is 19.6 Å². The Hall–Kier alpha value is -1.91. The first-order valence-electron chi connectivity index (χ1n) is 6.66. The molecule has 1 aromatic carbocycles. The molecule has 0 fully saturated rings. The van der Waals surface area contributed by atoms with E-state index in [1.54, 1.807) is 13.3 Å². The van der Waals surface area contributed by atoms with Crippen LogP contribution in [-0.4, -0.2) is 24.0 Å². The Morgan fingerprint density at radius 2 is 2.05 bits per heavy atom. The fourth-order valence-corrected chi connectivity index (χ4v) is 2.23. The summed E-state index contributed by atoms with van der Waals surface area (Å²) in [7, 11) is 3.78. The predicted octanol–water partition coefficient (Wildman–Crippen LogP) is 2.18. The Morgan fingerprint density at radius 3 is 2.70 bits per heavy atom. The molecule has 0 aliphatic heterocycles. The van der Waals surface area contributed by atoms with Crippen molar-refractivity contribution < 1.29 is 4.74 Å². The normalized spacial score (nSPS) is 10.8. The number of pyridine rings is 1. The van der Waals surface area contributed by atoms with Crippen molar-refractivity contribution in [2.75, 3.05) is 14.2 Å². The van der Waals surface area contributed by atoms with Crippen LogP contribution in [0.5, 0.6) is 5.75 Å². The zero-order chi connectivity index (χ0) is 14.4. The molecule has 0 radical (unpaired) electrons. The lowest BCUT2D eigenvalue weighted by Crippen LogP contribution is -2.18. The average Bonchev–Trinajstić information content (AvgIpc) is 2.48. The van der Waals surface area contributed by atoms with Crippen LogP contribution >= 0.6 is 0 Å². The maximum absolute atomic E-state index is 5.70. The summed E-state index contributed by atoms with van der Waals surface area (Å²) in [6.45, 7) is 2.21. The molecule has 106 valence electrons. The third kappa shape index (κ3) is 3.79. The van der Waals surface area contributed by atoms with Crippen LogP contribution < -0.4 is 10.5 Å². The van der Waals surface area contributed by atoms with E-state index in [0.717, 1.165) is 30.0 Å². The van der Waals surface area contributed by atoms with Crippen molar-refractivity contribution in [3.63, 3.8) is 0 Å². The minimum absolute atomic E-state index is 0.545. The molecule has 0 spiro atoms. The van der Waals surface area contributed by atoms with Crippen molar-refractivity contribution in [1.82, 2.24) is 9.88 Å². The van der Waals surface area contributed by atoms with Crippen LogP contribution in [0, 0.1) is 0 Å². The standard InChI is InChI=1S/C16H21N3O/c1-19(11-14-4-3-7-18-10-14)12-15-8-13(9-17)5-6-16(15)20-2/h3-8,10H,9,11-12,17H2,1-2H3. The Kier molecular flexibility index (Phi) is 5.09. The SMILES string of the molecule is COc1ccc(CN)cc1CN(C)Cc1cccnc1. The van der Waals surface area contributed by atoms with E-state index in [2.05, 4.69) is 29.1 Å². The molecule has 0 atom stereocenters. The van der Waals surface area contributed by atoms with Gasteiger partial charge in [-0.2, -0.15) is 0 Å². The van der Waals surface area contributed by atoms with Crippen molar-refractivity contribution in [2.24, 2.45) is 5.73 Å². The van der Waals surface area contributed by atoms with Gasteiger partial charge in [0.05, 0.1) is 7.11 Å². The number of hydrogen-bond acceptors (Lipinski definition) is 4. The molecule has 4 nitrogen and oxygen atoms in total. The lowest BCUT2D eigenvalue weighted by molar-refractivity contribution is 0.309. The molecule has 0 aliphatic rings. The lowest BCUT2D eigenvalue weighted by atomic mass is 10.1. The Labute approximate surface area is 120 Å². The van der Waals surface area contributed by atoms with Gasteiger partial charge in [-0.25, -0.2) is 0 Å². The highest BCUT2D eigenvalue weighted by molar-refractivity contribution is 5.37. The lowest BCUT2D eigenvalue weighted by Gasteiger charge is -2.19. The van der Waals surface area contributed by atoms with Crippen molar-refractivity contribution in [3.8, 4) is 5.75 Å². The van der Waals surface area contributed by atoms with E-state index in [1.807, 2.05) is 24.4 Å². The summed E-state index contributed by atoms with van der Waals surface area (Å²) in [5.74, 6) is 0.903. The Balaban J connectivity index is 2.08. The molecular weight excluding hydrogens is 250 g/mol. The van der Waals surface area contributed by atoms with E-state index in [0.29, 0.717) is 6.54 Å². The number of rotatable bonds is 6. The second-order valence-electron chi connectivity index (χ2n) is 4.88. The quantitative estimate of drug-likeness (QED) is 0.875. The van der Waals surface area contributed by atoms with Crippen molar-refractivity contribution in [3.05, 3.63) is 59.4 Å². The number of methoxy groups -OCH3 is 1. The van der Waals surface area contributed by atoms with E-state index >= 15 is 0 Å². The second kappa shape index (κ2) is 7.03. The molecule has 0 unspecified atom stereocenters. The van der Waals surface area contributed by atoms with Gasteiger partial charge in [0.25, 0.3) is 0 Å². The van der Waals surface area contributed by atoms with Crippen LogP contribution in [0.1, 0.15) is 16.7 Å². The van der Waals surface area contributed by atoms with Gasteiger partial charge in [0.15, 0.2) is 0 Å². The number of nitrogens with two attached hydrogens (primary N) is 1.